The summed E-state index contributed by atoms with van der Waals surface area (Å²) in [5.74, 6) is 0.0209. The van der Waals surface area contributed by atoms with Gasteiger partial charge >= 0.3 is 0 Å². The van der Waals surface area contributed by atoms with E-state index in [1.165, 1.54) is 15.8 Å². The Morgan fingerprint density at radius 1 is 1.19 bits per heavy atom. The van der Waals surface area contributed by atoms with Crippen LogP contribution in [0.3, 0.4) is 0 Å². The van der Waals surface area contributed by atoms with Gasteiger partial charge in [-0.2, -0.15) is 5.10 Å². The minimum Gasteiger partial charge on any atom is -0.345 e. The van der Waals surface area contributed by atoms with E-state index >= 15 is 0 Å². The number of anilines is 1. The van der Waals surface area contributed by atoms with E-state index in [4.69, 9.17) is 4.98 Å². The van der Waals surface area contributed by atoms with Gasteiger partial charge in [-0.05, 0) is 44.0 Å². The molecule has 0 atom stereocenters. The lowest BCUT2D eigenvalue weighted by Crippen LogP contribution is -2.48. The van der Waals surface area contributed by atoms with Gasteiger partial charge in [0, 0.05) is 38.9 Å². The molecule has 0 spiro atoms. The maximum atomic E-state index is 12.6. The summed E-state index contributed by atoms with van der Waals surface area (Å²) in [4.78, 5) is 21.6. The molecular weight excluding hydrogens is 346 g/mol. The van der Waals surface area contributed by atoms with Crippen LogP contribution in [0.5, 0.6) is 0 Å². The van der Waals surface area contributed by atoms with Crippen molar-refractivity contribution in [3.8, 4) is 0 Å². The molecule has 136 valence electrons. The summed E-state index contributed by atoms with van der Waals surface area (Å²) in [6, 6.07) is 6.15. The molecule has 0 N–H and O–H groups in total. The number of rotatable bonds is 3. The zero-order valence-electron chi connectivity index (χ0n) is 15.4. The van der Waals surface area contributed by atoms with E-state index in [9.17, 15) is 4.79 Å². The van der Waals surface area contributed by atoms with Crippen LogP contribution in [0.25, 0.3) is 10.2 Å². The normalized spacial score (nSPS) is 15.0. The smallest absolute Gasteiger partial charge is 0.274 e. The van der Waals surface area contributed by atoms with E-state index in [0.717, 1.165) is 30.3 Å². The highest BCUT2D eigenvalue weighted by Crippen LogP contribution is 2.32. The summed E-state index contributed by atoms with van der Waals surface area (Å²) in [7, 11) is 0. The number of aryl methyl sites for hydroxylation is 3. The summed E-state index contributed by atoms with van der Waals surface area (Å²) >= 11 is 1.75. The molecule has 1 saturated heterocycles. The third kappa shape index (κ3) is 3.07. The van der Waals surface area contributed by atoms with Crippen LogP contribution in [-0.4, -0.2) is 51.8 Å². The van der Waals surface area contributed by atoms with Crippen LogP contribution in [0, 0.1) is 13.8 Å². The standard InChI is InChI=1S/C19H23N5OS/c1-4-24-6-5-15(21-24)18(25)22-7-9-23(10-8-22)19-20-16-12-13(2)11-14(3)17(16)26-19/h5-6,11-12H,4,7-10H2,1-3H3. The maximum Gasteiger partial charge on any atom is 0.274 e. The number of fused-ring (bicyclic) bond motifs is 1. The fourth-order valence-electron chi connectivity index (χ4n) is 3.41. The highest BCUT2D eigenvalue weighted by molar-refractivity contribution is 7.22. The van der Waals surface area contributed by atoms with Gasteiger partial charge in [-0.15, -0.1) is 0 Å². The van der Waals surface area contributed by atoms with Crippen LogP contribution in [0.15, 0.2) is 24.4 Å². The molecule has 26 heavy (non-hydrogen) atoms. The first-order valence-electron chi connectivity index (χ1n) is 9.00. The summed E-state index contributed by atoms with van der Waals surface area (Å²) in [6.07, 6.45) is 1.86. The van der Waals surface area contributed by atoms with Crippen molar-refractivity contribution in [2.45, 2.75) is 27.3 Å². The van der Waals surface area contributed by atoms with Gasteiger partial charge < -0.3 is 9.80 Å². The highest BCUT2D eigenvalue weighted by Gasteiger charge is 2.25. The molecule has 3 aromatic rings. The Labute approximate surface area is 157 Å². The van der Waals surface area contributed by atoms with Gasteiger partial charge in [0.1, 0.15) is 5.69 Å². The molecule has 3 heterocycles. The molecule has 0 unspecified atom stereocenters. The Hall–Kier alpha value is -2.41. The van der Waals surface area contributed by atoms with Crippen LogP contribution in [0.4, 0.5) is 5.13 Å². The number of carbonyl (C=O) groups is 1. The van der Waals surface area contributed by atoms with Gasteiger partial charge in [0.15, 0.2) is 5.13 Å². The van der Waals surface area contributed by atoms with Crippen molar-refractivity contribution < 1.29 is 4.79 Å². The Kier molecular flexibility index (Phi) is 4.40. The number of nitrogens with zero attached hydrogens (tertiary/aromatic N) is 5. The minimum absolute atomic E-state index is 0.0209. The van der Waals surface area contributed by atoms with Gasteiger partial charge in [-0.3, -0.25) is 9.48 Å². The van der Waals surface area contributed by atoms with Gasteiger partial charge in [-0.1, -0.05) is 17.4 Å². The van der Waals surface area contributed by atoms with Crippen molar-refractivity contribution in [2.75, 3.05) is 31.1 Å². The molecule has 6 nitrogen and oxygen atoms in total. The second kappa shape index (κ2) is 6.72. The molecule has 0 aliphatic carbocycles. The Morgan fingerprint density at radius 2 is 1.96 bits per heavy atom. The third-order valence-electron chi connectivity index (χ3n) is 4.83. The summed E-state index contributed by atoms with van der Waals surface area (Å²) in [5.41, 5.74) is 4.13. The van der Waals surface area contributed by atoms with Crippen molar-refractivity contribution in [2.24, 2.45) is 0 Å². The van der Waals surface area contributed by atoms with Gasteiger partial charge in [0.2, 0.25) is 0 Å². The third-order valence-corrected chi connectivity index (χ3v) is 6.10. The number of hydrogen-bond acceptors (Lipinski definition) is 5. The Morgan fingerprint density at radius 3 is 2.65 bits per heavy atom. The second-order valence-corrected chi connectivity index (χ2v) is 7.74. The maximum absolute atomic E-state index is 12.6. The zero-order valence-corrected chi connectivity index (χ0v) is 16.2. The van der Waals surface area contributed by atoms with Gasteiger partial charge in [-0.25, -0.2) is 4.98 Å². The van der Waals surface area contributed by atoms with Crippen LogP contribution in [0.1, 0.15) is 28.5 Å². The van der Waals surface area contributed by atoms with Crippen LogP contribution in [0.2, 0.25) is 0 Å². The number of hydrogen-bond donors (Lipinski definition) is 0. The first kappa shape index (κ1) is 17.0. The van der Waals surface area contributed by atoms with Crippen molar-refractivity contribution in [1.29, 1.82) is 0 Å². The van der Waals surface area contributed by atoms with Crippen LogP contribution >= 0.6 is 11.3 Å². The van der Waals surface area contributed by atoms with Gasteiger partial charge in [0.05, 0.1) is 10.2 Å². The first-order chi connectivity index (χ1) is 12.5. The molecule has 1 amide bonds. The molecule has 1 aromatic carbocycles. The second-order valence-electron chi connectivity index (χ2n) is 6.76. The summed E-state index contributed by atoms with van der Waals surface area (Å²) in [6.45, 7) is 10.0. The molecule has 1 aliphatic rings. The average molecular weight is 369 g/mol. The molecule has 7 heteroatoms. The van der Waals surface area contributed by atoms with E-state index in [0.29, 0.717) is 18.8 Å². The lowest BCUT2D eigenvalue weighted by molar-refractivity contribution is 0.0740. The zero-order chi connectivity index (χ0) is 18.3. The first-order valence-corrected chi connectivity index (χ1v) is 9.82. The molecular formula is C19H23N5OS. The van der Waals surface area contributed by atoms with Crippen molar-refractivity contribution in [3.05, 3.63) is 41.2 Å². The predicted octanol–water partition coefficient (Wildman–Crippen LogP) is 3.09. The number of piperazine rings is 1. The molecule has 0 saturated carbocycles. The molecule has 1 aliphatic heterocycles. The van der Waals surface area contributed by atoms with Crippen molar-refractivity contribution in [3.63, 3.8) is 0 Å². The Bertz CT molecular complexity index is 952. The number of benzene rings is 1. The minimum atomic E-state index is 0.0209. The van der Waals surface area contributed by atoms with E-state index < -0.39 is 0 Å². The Balaban J connectivity index is 1.46. The molecule has 2 aromatic heterocycles. The molecule has 1 fully saturated rings. The number of aromatic nitrogens is 3. The lowest BCUT2D eigenvalue weighted by Gasteiger charge is -2.34. The topological polar surface area (TPSA) is 54.3 Å². The number of amides is 1. The van der Waals surface area contributed by atoms with Crippen LogP contribution < -0.4 is 4.90 Å². The lowest BCUT2D eigenvalue weighted by atomic mass is 10.1. The fourth-order valence-corrected chi connectivity index (χ4v) is 4.48. The SMILES string of the molecule is CCn1ccc(C(=O)N2CCN(c3nc4cc(C)cc(C)c4s3)CC2)n1. The number of carbonyl (C=O) groups excluding carboxylic acids is 1. The fraction of sp³-hybridized carbons (Fsp3) is 0.421. The molecule has 0 radical (unpaired) electrons. The average Bonchev–Trinajstić information content (AvgIpc) is 3.28. The van der Waals surface area contributed by atoms with E-state index in [2.05, 4.69) is 36.0 Å². The monoisotopic (exact) mass is 369 g/mol. The highest BCUT2D eigenvalue weighted by atomic mass is 32.1. The van der Waals surface area contributed by atoms with Gasteiger partial charge in [0.25, 0.3) is 5.91 Å². The summed E-state index contributed by atoms with van der Waals surface area (Å²) < 4.78 is 3.05. The predicted molar refractivity (Wildman–Crippen MR) is 105 cm³/mol. The summed E-state index contributed by atoms with van der Waals surface area (Å²) in [5, 5.41) is 5.38. The quantitative estimate of drug-likeness (QED) is 0.712. The van der Waals surface area contributed by atoms with Crippen LogP contribution in [-0.2, 0) is 6.54 Å². The van der Waals surface area contributed by atoms with E-state index in [1.807, 2.05) is 18.0 Å². The molecule has 4 rings (SSSR count). The van der Waals surface area contributed by atoms with Crippen molar-refractivity contribution in [1.82, 2.24) is 19.7 Å². The largest absolute Gasteiger partial charge is 0.345 e. The van der Waals surface area contributed by atoms with Crippen molar-refractivity contribution >= 4 is 32.6 Å². The molecule has 0 bridgehead atoms. The van der Waals surface area contributed by atoms with E-state index in [-0.39, 0.29) is 5.91 Å². The number of thiazole rings is 1. The van der Waals surface area contributed by atoms with E-state index in [1.54, 1.807) is 22.1 Å².